The molecule has 2 aromatic carbocycles. The first-order valence-corrected chi connectivity index (χ1v) is 11.3. The van der Waals surface area contributed by atoms with Crippen LogP contribution in [-0.4, -0.2) is 18.0 Å². The van der Waals surface area contributed by atoms with Gasteiger partial charge in [0.05, 0.1) is 0 Å². The van der Waals surface area contributed by atoms with Crippen molar-refractivity contribution in [1.82, 2.24) is 0 Å². The van der Waals surface area contributed by atoms with Crippen LogP contribution < -0.4 is 10.2 Å². The van der Waals surface area contributed by atoms with Crippen LogP contribution in [0.1, 0.15) is 57.6 Å². The number of rotatable bonds is 5. The Bertz CT molecular complexity index is 1070. The third-order valence-corrected chi connectivity index (χ3v) is 6.19. The van der Waals surface area contributed by atoms with Crippen LogP contribution in [-0.2, 0) is 4.79 Å². The molecule has 1 amide bonds. The van der Waals surface area contributed by atoms with E-state index in [2.05, 4.69) is 53.8 Å². The van der Waals surface area contributed by atoms with Crippen LogP contribution in [0.25, 0.3) is 6.08 Å². The number of fused-ring (bicyclic) bond motifs is 1. The van der Waals surface area contributed by atoms with Crippen molar-refractivity contribution in [3.63, 3.8) is 0 Å². The lowest BCUT2D eigenvalue weighted by Crippen LogP contribution is -2.48. The van der Waals surface area contributed by atoms with Crippen molar-refractivity contribution >= 4 is 39.3 Å². The molecule has 3 rings (SSSR count). The molecule has 0 bridgehead atoms. The van der Waals surface area contributed by atoms with Crippen molar-refractivity contribution in [3.05, 3.63) is 63.4 Å². The zero-order chi connectivity index (χ0) is 22.8. The van der Waals surface area contributed by atoms with Crippen molar-refractivity contribution in [2.45, 2.75) is 52.0 Å². The highest BCUT2D eigenvalue weighted by Gasteiger charge is 2.36. The fourth-order valence-corrected chi connectivity index (χ4v) is 4.75. The molecule has 1 aliphatic rings. The first-order valence-electron chi connectivity index (χ1n) is 10.5. The third-order valence-electron chi connectivity index (χ3n) is 5.70. The van der Waals surface area contributed by atoms with E-state index in [0.717, 1.165) is 35.1 Å². The topological polar surface area (TPSA) is 56.1 Å². The second kappa shape index (κ2) is 9.23. The fourth-order valence-electron chi connectivity index (χ4n) is 4.35. The van der Waals surface area contributed by atoms with Crippen molar-refractivity contribution in [3.8, 4) is 6.07 Å². The summed E-state index contributed by atoms with van der Waals surface area (Å²) in [5.74, 6) is -0.765. The molecule has 0 radical (unpaired) electrons. The predicted molar refractivity (Wildman–Crippen MR) is 128 cm³/mol. The molecule has 1 N–H and O–H groups in total. The Hall–Kier alpha value is -2.65. The Kier molecular flexibility index (Phi) is 6.86. The quantitative estimate of drug-likeness (QED) is 0.383. The largest absolute Gasteiger partial charge is 0.366 e. The Morgan fingerprint density at radius 2 is 2.13 bits per heavy atom. The number of benzene rings is 2. The van der Waals surface area contributed by atoms with Crippen molar-refractivity contribution in [2.24, 2.45) is 0 Å². The van der Waals surface area contributed by atoms with E-state index in [1.165, 1.54) is 6.08 Å². The van der Waals surface area contributed by atoms with E-state index in [1.807, 2.05) is 12.1 Å². The molecule has 0 aromatic heterocycles. The lowest BCUT2D eigenvalue weighted by Gasteiger charge is -2.47. The number of carbonyl (C=O) groups excluding carboxylic acids is 1. The number of hydrogen-bond acceptors (Lipinski definition) is 3. The predicted octanol–water partition coefficient (Wildman–Crippen LogP) is 6.64. The number of amides is 1. The van der Waals surface area contributed by atoms with Crippen LogP contribution in [0.5, 0.6) is 0 Å². The van der Waals surface area contributed by atoms with Crippen LogP contribution >= 0.6 is 15.9 Å². The zero-order valence-electron chi connectivity index (χ0n) is 18.3. The molecular weight excluding hydrogens is 457 g/mol. The second-order valence-corrected chi connectivity index (χ2v) is 9.55. The molecule has 1 aliphatic heterocycles. The number of halogens is 2. The van der Waals surface area contributed by atoms with Gasteiger partial charge in [0.1, 0.15) is 17.5 Å². The van der Waals surface area contributed by atoms with E-state index in [0.29, 0.717) is 5.69 Å². The Morgan fingerprint density at radius 1 is 1.39 bits per heavy atom. The minimum Gasteiger partial charge on any atom is -0.366 e. The average Bonchev–Trinajstić information content (AvgIpc) is 2.69. The lowest BCUT2D eigenvalue weighted by atomic mass is 9.79. The molecule has 0 saturated heterocycles. The monoisotopic (exact) mass is 483 g/mol. The smallest absolute Gasteiger partial charge is 0.266 e. The number of nitrogens with one attached hydrogen (secondary N) is 1. The molecule has 0 fully saturated rings. The van der Waals surface area contributed by atoms with Gasteiger partial charge < -0.3 is 10.2 Å². The Balaban J connectivity index is 1.97. The minimum atomic E-state index is -0.570. The van der Waals surface area contributed by atoms with E-state index in [9.17, 15) is 10.1 Å². The SMILES string of the molecule is CCCN1c2cc(F)c(/C=C(\C#N)C(=O)Nc3cccc(Br)c3)cc2C(C)CC1(C)C. The van der Waals surface area contributed by atoms with Crippen LogP contribution in [0.2, 0.25) is 0 Å². The standard InChI is InChI=1S/C25H27BrFN3O/c1-5-9-30-23-13-22(27)17(11-21(23)16(2)14-25(30,3)4)10-18(15-28)24(31)29-20-8-6-7-19(26)12-20/h6-8,10-13,16H,5,9,14H2,1-4H3,(H,29,31)/b18-10+. The zero-order valence-corrected chi connectivity index (χ0v) is 19.9. The maximum atomic E-state index is 15.1. The van der Waals surface area contributed by atoms with Gasteiger partial charge in [-0.2, -0.15) is 5.26 Å². The van der Waals surface area contributed by atoms with Gasteiger partial charge in [0.25, 0.3) is 5.91 Å². The van der Waals surface area contributed by atoms with Gasteiger partial charge in [-0.1, -0.05) is 35.8 Å². The molecular formula is C25H27BrFN3O. The summed E-state index contributed by atoms with van der Waals surface area (Å²) >= 11 is 3.35. The number of nitrogens with zero attached hydrogens (tertiary/aromatic N) is 2. The highest BCUT2D eigenvalue weighted by molar-refractivity contribution is 9.10. The third kappa shape index (κ3) is 4.99. The van der Waals surface area contributed by atoms with Gasteiger partial charge in [-0.15, -0.1) is 0 Å². The van der Waals surface area contributed by atoms with Gasteiger partial charge >= 0.3 is 0 Å². The summed E-state index contributed by atoms with van der Waals surface area (Å²) in [5, 5.41) is 12.2. The van der Waals surface area contributed by atoms with Crippen LogP contribution in [0.15, 0.2) is 46.4 Å². The fraction of sp³-hybridized carbons (Fsp3) is 0.360. The van der Waals surface area contributed by atoms with Gasteiger partial charge in [0.2, 0.25) is 0 Å². The number of nitriles is 1. The van der Waals surface area contributed by atoms with Crippen LogP contribution in [0.4, 0.5) is 15.8 Å². The molecule has 2 aromatic rings. The number of anilines is 2. The summed E-state index contributed by atoms with van der Waals surface area (Å²) in [6, 6.07) is 12.3. The molecule has 4 nitrogen and oxygen atoms in total. The first-order chi connectivity index (χ1) is 14.7. The molecule has 0 aliphatic carbocycles. The van der Waals surface area contributed by atoms with E-state index >= 15 is 4.39 Å². The molecule has 0 spiro atoms. The molecule has 6 heteroatoms. The highest BCUT2D eigenvalue weighted by Crippen LogP contribution is 2.44. The Morgan fingerprint density at radius 3 is 2.77 bits per heavy atom. The van der Waals surface area contributed by atoms with Gasteiger partial charge in [0.15, 0.2) is 0 Å². The van der Waals surface area contributed by atoms with E-state index in [-0.39, 0.29) is 22.6 Å². The minimum absolute atomic E-state index is 0.0616. The highest BCUT2D eigenvalue weighted by atomic mass is 79.9. The van der Waals surface area contributed by atoms with E-state index < -0.39 is 11.7 Å². The molecule has 162 valence electrons. The lowest BCUT2D eigenvalue weighted by molar-refractivity contribution is -0.112. The second-order valence-electron chi connectivity index (χ2n) is 8.64. The summed E-state index contributed by atoms with van der Waals surface area (Å²) in [5.41, 5.74) is 2.55. The van der Waals surface area contributed by atoms with Crippen molar-refractivity contribution in [1.29, 1.82) is 5.26 Å². The van der Waals surface area contributed by atoms with E-state index in [1.54, 1.807) is 30.3 Å². The van der Waals surface area contributed by atoms with Gasteiger partial charge in [0, 0.05) is 33.5 Å². The first kappa shape index (κ1) is 23.0. The molecule has 1 heterocycles. The van der Waals surface area contributed by atoms with Crippen molar-refractivity contribution < 1.29 is 9.18 Å². The van der Waals surface area contributed by atoms with E-state index in [4.69, 9.17) is 0 Å². The summed E-state index contributed by atoms with van der Waals surface area (Å²) < 4.78 is 15.9. The molecule has 0 saturated carbocycles. The summed E-state index contributed by atoms with van der Waals surface area (Å²) in [6.45, 7) is 9.48. The van der Waals surface area contributed by atoms with Crippen LogP contribution in [0.3, 0.4) is 0 Å². The molecule has 31 heavy (non-hydrogen) atoms. The molecule has 1 atom stereocenters. The van der Waals surface area contributed by atoms with Crippen molar-refractivity contribution in [2.75, 3.05) is 16.8 Å². The normalized spacial score (nSPS) is 17.6. The maximum absolute atomic E-state index is 15.1. The summed E-state index contributed by atoms with van der Waals surface area (Å²) in [7, 11) is 0. The number of carbonyl (C=O) groups is 1. The summed E-state index contributed by atoms with van der Waals surface area (Å²) in [4.78, 5) is 14.9. The van der Waals surface area contributed by atoms with Crippen LogP contribution in [0, 0.1) is 17.1 Å². The average molecular weight is 484 g/mol. The Labute approximate surface area is 191 Å². The van der Waals surface area contributed by atoms with Gasteiger partial charge in [-0.05, 0) is 74.6 Å². The van der Waals surface area contributed by atoms with Gasteiger partial charge in [-0.3, -0.25) is 4.79 Å². The molecule has 1 unspecified atom stereocenters. The maximum Gasteiger partial charge on any atom is 0.266 e. The number of hydrogen-bond donors (Lipinski definition) is 1. The summed E-state index contributed by atoms with van der Waals surface area (Å²) in [6.07, 6.45) is 3.25. The van der Waals surface area contributed by atoms with Gasteiger partial charge in [-0.25, -0.2) is 4.39 Å².